The largest absolute Gasteiger partial charge is 0.402 e. The van der Waals surface area contributed by atoms with Crippen LogP contribution in [0.5, 0.6) is 0 Å². The number of aromatic nitrogens is 4. The van der Waals surface area contributed by atoms with Crippen LogP contribution in [0.2, 0.25) is 10.0 Å². The van der Waals surface area contributed by atoms with E-state index in [1.807, 2.05) is 18.2 Å². The van der Waals surface area contributed by atoms with E-state index in [2.05, 4.69) is 25.2 Å². The third-order valence-corrected chi connectivity index (χ3v) is 8.53. The summed E-state index contributed by atoms with van der Waals surface area (Å²) in [6, 6.07) is 9.83. The van der Waals surface area contributed by atoms with Crippen molar-refractivity contribution < 1.29 is 18.5 Å². The minimum absolute atomic E-state index is 0.0789. The number of ether oxygens (including phenoxy) is 1. The topological polar surface area (TPSA) is 107 Å². The van der Waals surface area contributed by atoms with Gasteiger partial charge in [0.05, 0.1) is 22.8 Å². The fourth-order valence-electron chi connectivity index (χ4n) is 5.85. The summed E-state index contributed by atoms with van der Waals surface area (Å²) in [4.78, 5) is 17.4. The lowest BCUT2D eigenvalue weighted by atomic mass is 10.00. The highest BCUT2D eigenvalue weighted by Gasteiger charge is 2.44. The summed E-state index contributed by atoms with van der Waals surface area (Å²) < 4.78 is 18.4. The summed E-state index contributed by atoms with van der Waals surface area (Å²) in [6.45, 7) is 0.392. The van der Waals surface area contributed by atoms with Gasteiger partial charge in [0.25, 0.3) is 5.89 Å². The summed E-state index contributed by atoms with van der Waals surface area (Å²) in [6.07, 6.45) is 8.28. The van der Waals surface area contributed by atoms with Crippen molar-refractivity contribution >= 4 is 35.5 Å². The van der Waals surface area contributed by atoms with Crippen LogP contribution in [0.15, 0.2) is 45.5 Å². The van der Waals surface area contributed by atoms with Gasteiger partial charge >= 0.3 is 6.01 Å². The minimum atomic E-state index is 0.0789. The summed E-state index contributed by atoms with van der Waals surface area (Å²) >= 11 is 13.0. The van der Waals surface area contributed by atoms with Crippen LogP contribution >= 0.6 is 23.2 Å². The van der Waals surface area contributed by atoms with Gasteiger partial charge in [-0.2, -0.15) is 0 Å². The second-order valence-electron chi connectivity index (χ2n) is 10.4. The number of carbonyl (C=O) groups excluding carboxylic acids is 1. The second kappa shape index (κ2) is 10.0. The van der Waals surface area contributed by atoms with E-state index in [9.17, 15) is 4.79 Å². The predicted molar refractivity (Wildman–Crippen MR) is 144 cm³/mol. The smallest absolute Gasteiger partial charge is 0.318 e. The van der Waals surface area contributed by atoms with Crippen LogP contribution in [0.3, 0.4) is 0 Å². The zero-order chi connectivity index (χ0) is 26.5. The molecule has 2 aliphatic heterocycles. The van der Waals surface area contributed by atoms with Gasteiger partial charge in [-0.1, -0.05) is 39.5 Å². The number of anilines is 1. The van der Waals surface area contributed by atoms with Crippen LogP contribution in [0.4, 0.5) is 6.01 Å². The molecule has 1 aromatic carbocycles. The number of benzene rings is 1. The number of piperidine rings is 1. The van der Waals surface area contributed by atoms with Crippen molar-refractivity contribution in [3.63, 3.8) is 0 Å². The standard InChI is InChI=1S/C28H25Cl2N5O4/c29-21-2-1-3-22(30)24(21)25-20(26(39-34-25)16-5-6-16)14-37-19-10-17-7-8-18(11-19)35(17)28-33-32-27(38-28)23-9-4-15(13-36)12-31-23/h1-4,9,12-13,16-19H,5-8,10-11,14H2. The van der Waals surface area contributed by atoms with Gasteiger partial charge in [0.1, 0.15) is 17.1 Å². The molecule has 3 aliphatic rings. The molecule has 5 heterocycles. The van der Waals surface area contributed by atoms with Crippen molar-refractivity contribution in [1.82, 2.24) is 20.3 Å². The summed E-state index contributed by atoms with van der Waals surface area (Å²) in [5.41, 5.74) is 3.33. The Kier molecular flexibility index (Phi) is 6.37. The average molecular weight is 566 g/mol. The maximum Gasteiger partial charge on any atom is 0.318 e. The number of rotatable bonds is 8. The third kappa shape index (κ3) is 4.62. The van der Waals surface area contributed by atoms with E-state index >= 15 is 0 Å². The Bertz CT molecular complexity index is 1480. The van der Waals surface area contributed by atoms with Gasteiger partial charge in [0.2, 0.25) is 0 Å². The molecule has 9 nitrogen and oxygen atoms in total. The lowest BCUT2D eigenvalue weighted by Crippen LogP contribution is -2.45. The molecule has 3 fully saturated rings. The zero-order valence-corrected chi connectivity index (χ0v) is 22.4. The van der Waals surface area contributed by atoms with Crippen LogP contribution in [0, 0.1) is 0 Å². The van der Waals surface area contributed by atoms with Crippen LogP contribution in [0.1, 0.15) is 66.1 Å². The summed E-state index contributed by atoms with van der Waals surface area (Å²) in [7, 11) is 0. The first-order valence-electron chi connectivity index (χ1n) is 13.2. The number of hydrogen-bond acceptors (Lipinski definition) is 9. The predicted octanol–water partition coefficient (Wildman–Crippen LogP) is 6.50. The zero-order valence-electron chi connectivity index (χ0n) is 20.9. The lowest BCUT2D eigenvalue weighted by Gasteiger charge is -2.37. The lowest BCUT2D eigenvalue weighted by molar-refractivity contribution is 0.0139. The monoisotopic (exact) mass is 565 g/mol. The SMILES string of the molecule is O=Cc1ccc(-c2nnc(N3C4CCC3CC(OCc3c(-c5c(Cl)cccc5Cl)noc3C3CC3)C4)o2)nc1. The van der Waals surface area contributed by atoms with Crippen molar-refractivity contribution in [3.8, 4) is 22.8 Å². The van der Waals surface area contributed by atoms with Crippen molar-refractivity contribution in [2.24, 2.45) is 0 Å². The molecule has 1 saturated carbocycles. The Labute approximate surface area is 234 Å². The number of nitrogens with zero attached hydrogens (tertiary/aromatic N) is 5. The molecule has 2 bridgehead atoms. The highest BCUT2D eigenvalue weighted by Crippen LogP contribution is 2.47. The van der Waals surface area contributed by atoms with Gasteiger partial charge in [-0.05, 0) is 62.8 Å². The van der Waals surface area contributed by atoms with Crippen molar-refractivity contribution in [1.29, 1.82) is 0 Å². The number of hydrogen-bond donors (Lipinski definition) is 0. The Hall–Kier alpha value is -3.27. The normalized spacial score (nSPS) is 22.4. The third-order valence-electron chi connectivity index (χ3n) is 7.90. The first kappa shape index (κ1) is 24.7. The average Bonchev–Trinajstić information content (AvgIpc) is 3.42. The molecule has 0 radical (unpaired) electrons. The molecule has 11 heteroatoms. The van der Waals surface area contributed by atoms with Gasteiger partial charge < -0.3 is 18.6 Å². The fourth-order valence-corrected chi connectivity index (χ4v) is 6.43. The Morgan fingerprint density at radius 3 is 2.46 bits per heavy atom. The van der Waals surface area contributed by atoms with Gasteiger partial charge in [-0.25, -0.2) is 0 Å². The molecule has 7 rings (SSSR count). The van der Waals surface area contributed by atoms with Gasteiger partial charge in [0, 0.05) is 40.9 Å². The molecule has 0 amide bonds. The summed E-state index contributed by atoms with van der Waals surface area (Å²) in [5, 5.41) is 14.0. The molecular formula is C28H25Cl2N5O4. The highest BCUT2D eigenvalue weighted by atomic mass is 35.5. The number of aldehydes is 1. The van der Waals surface area contributed by atoms with E-state index in [0.29, 0.717) is 57.0 Å². The van der Waals surface area contributed by atoms with Crippen LogP contribution in [0.25, 0.3) is 22.8 Å². The number of halogens is 2. The Morgan fingerprint density at radius 2 is 1.79 bits per heavy atom. The summed E-state index contributed by atoms with van der Waals surface area (Å²) in [5.74, 6) is 1.60. The quantitative estimate of drug-likeness (QED) is 0.221. The first-order chi connectivity index (χ1) is 19.1. The van der Waals surface area contributed by atoms with Crippen molar-refractivity contribution in [2.75, 3.05) is 4.90 Å². The first-order valence-corrected chi connectivity index (χ1v) is 13.9. The molecule has 2 unspecified atom stereocenters. The molecule has 4 aromatic rings. The molecule has 1 aliphatic carbocycles. The van der Waals surface area contributed by atoms with Crippen molar-refractivity contribution in [2.45, 2.75) is 69.2 Å². The molecule has 200 valence electrons. The molecule has 0 N–H and O–H groups in total. The van der Waals surface area contributed by atoms with Gasteiger partial charge in [-0.3, -0.25) is 9.78 Å². The second-order valence-corrected chi connectivity index (χ2v) is 11.2. The molecule has 39 heavy (non-hydrogen) atoms. The van der Waals surface area contributed by atoms with E-state index < -0.39 is 0 Å². The van der Waals surface area contributed by atoms with Crippen molar-refractivity contribution in [3.05, 3.63) is 63.5 Å². The number of carbonyl (C=O) groups is 1. The van der Waals surface area contributed by atoms with Gasteiger partial charge in [0.15, 0.2) is 6.29 Å². The molecular weight excluding hydrogens is 541 g/mol. The van der Waals surface area contributed by atoms with Gasteiger partial charge in [-0.15, -0.1) is 5.10 Å². The molecule has 2 atom stereocenters. The molecule has 3 aromatic heterocycles. The van der Waals surface area contributed by atoms with E-state index in [1.54, 1.807) is 12.1 Å². The highest BCUT2D eigenvalue weighted by molar-refractivity contribution is 6.39. The van der Waals surface area contributed by atoms with Crippen LogP contribution in [-0.4, -0.2) is 44.8 Å². The fraction of sp³-hybridized carbons (Fsp3) is 0.393. The molecule has 2 saturated heterocycles. The van der Waals surface area contributed by atoms with Crippen LogP contribution in [-0.2, 0) is 11.3 Å². The van der Waals surface area contributed by atoms with E-state index in [-0.39, 0.29) is 18.2 Å². The maximum atomic E-state index is 10.9. The maximum absolute atomic E-state index is 10.9. The van der Waals surface area contributed by atoms with E-state index in [4.69, 9.17) is 36.9 Å². The molecule has 0 spiro atoms. The Balaban J connectivity index is 1.07. The van der Waals surface area contributed by atoms with Crippen LogP contribution < -0.4 is 4.90 Å². The number of fused-ring (bicyclic) bond motifs is 2. The van der Waals surface area contributed by atoms with E-state index in [0.717, 1.165) is 56.1 Å². The minimum Gasteiger partial charge on any atom is -0.402 e. The van der Waals surface area contributed by atoms with E-state index in [1.165, 1.54) is 6.20 Å². The Morgan fingerprint density at radius 1 is 1.03 bits per heavy atom. The number of pyridine rings is 1.